The molecule has 0 aromatic carbocycles. The lowest BCUT2D eigenvalue weighted by molar-refractivity contribution is 0.655. The number of nitrogens with one attached hydrogen (secondary N) is 1. The molecule has 5 heteroatoms. The topological polar surface area (TPSA) is 46.9 Å². The van der Waals surface area contributed by atoms with Crippen molar-refractivity contribution in [2.24, 2.45) is 0 Å². The van der Waals surface area contributed by atoms with Crippen LogP contribution in [0, 0.1) is 13.8 Å². The van der Waals surface area contributed by atoms with Crippen LogP contribution in [0.25, 0.3) is 0 Å². The molecular weight excluding hydrogens is 258 g/mol. The molecule has 0 saturated carbocycles. The van der Waals surface area contributed by atoms with Crippen LogP contribution < -0.4 is 10.9 Å². The standard InChI is InChI=1S/C14H19N3OS/c1-4-7-17-9-12(5-6-14(17)18)15-8-13-10(2)16-11(3)19-13/h5-6,9,15H,4,7-8H2,1-3H3. The van der Waals surface area contributed by atoms with E-state index in [1.54, 1.807) is 22.0 Å². The molecule has 2 aromatic heterocycles. The van der Waals surface area contributed by atoms with Crippen LogP contribution in [-0.2, 0) is 13.1 Å². The van der Waals surface area contributed by atoms with E-state index in [1.165, 1.54) is 4.88 Å². The molecule has 2 heterocycles. The third kappa shape index (κ3) is 3.44. The van der Waals surface area contributed by atoms with Crippen molar-refractivity contribution in [3.63, 3.8) is 0 Å². The smallest absolute Gasteiger partial charge is 0.250 e. The zero-order valence-corrected chi connectivity index (χ0v) is 12.4. The number of thiazole rings is 1. The van der Waals surface area contributed by atoms with Crippen molar-refractivity contribution in [2.45, 2.75) is 40.3 Å². The van der Waals surface area contributed by atoms with Gasteiger partial charge in [0.1, 0.15) is 0 Å². The van der Waals surface area contributed by atoms with E-state index in [-0.39, 0.29) is 5.56 Å². The van der Waals surface area contributed by atoms with E-state index in [0.717, 1.165) is 35.9 Å². The molecule has 0 fully saturated rings. The number of pyridine rings is 1. The molecule has 0 saturated heterocycles. The minimum absolute atomic E-state index is 0.0530. The minimum Gasteiger partial charge on any atom is -0.379 e. The van der Waals surface area contributed by atoms with Crippen molar-refractivity contribution < 1.29 is 0 Å². The summed E-state index contributed by atoms with van der Waals surface area (Å²) >= 11 is 1.71. The molecule has 1 N–H and O–H groups in total. The summed E-state index contributed by atoms with van der Waals surface area (Å²) in [7, 11) is 0. The van der Waals surface area contributed by atoms with Crippen LogP contribution in [0.2, 0.25) is 0 Å². The number of aryl methyl sites for hydroxylation is 3. The Morgan fingerprint density at radius 2 is 2.16 bits per heavy atom. The Morgan fingerprint density at radius 1 is 1.37 bits per heavy atom. The van der Waals surface area contributed by atoms with E-state index < -0.39 is 0 Å². The normalized spacial score (nSPS) is 10.7. The predicted molar refractivity (Wildman–Crippen MR) is 79.9 cm³/mol. The van der Waals surface area contributed by atoms with Crippen LogP contribution >= 0.6 is 11.3 Å². The van der Waals surface area contributed by atoms with Crippen molar-refractivity contribution in [2.75, 3.05) is 5.32 Å². The van der Waals surface area contributed by atoms with Gasteiger partial charge >= 0.3 is 0 Å². The third-order valence-electron chi connectivity index (χ3n) is 2.90. The molecule has 0 spiro atoms. The first-order chi connectivity index (χ1) is 9.10. The van der Waals surface area contributed by atoms with Gasteiger partial charge in [-0.25, -0.2) is 4.98 Å². The van der Waals surface area contributed by atoms with Gasteiger partial charge in [0.05, 0.1) is 22.9 Å². The number of nitrogens with zero attached hydrogens (tertiary/aromatic N) is 2. The van der Waals surface area contributed by atoms with Crippen LogP contribution in [0.1, 0.15) is 28.9 Å². The van der Waals surface area contributed by atoms with E-state index in [1.807, 2.05) is 26.1 Å². The molecule has 19 heavy (non-hydrogen) atoms. The summed E-state index contributed by atoms with van der Waals surface area (Å²) in [5.41, 5.74) is 2.10. The number of hydrogen-bond acceptors (Lipinski definition) is 4. The molecule has 0 unspecified atom stereocenters. The van der Waals surface area contributed by atoms with Crippen molar-refractivity contribution in [3.8, 4) is 0 Å². The molecule has 0 aliphatic rings. The monoisotopic (exact) mass is 277 g/mol. The van der Waals surface area contributed by atoms with Crippen molar-refractivity contribution in [1.82, 2.24) is 9.55 Å². The molecule has 4 nitrogen and oxygen atoms in total. The molecular formula is C14H19N3OS. The summed E-state index contributed by atoms with van der Waals surface area (Å²) in [5, 5.41) is 4.44. The lowest BCUT2D eigenvalue weighted by Crippen LogP contribution is -2.18. The maximum Gasteiger partial charge on any atom is 0.250 e. The number of hydrogen-bond donors (Lipinski definition) is 1. The molecule has 2 aromatic rings. The summed E-state index contributed by atoms with van der Waals surface area (Å²) in [6.07, 6.45) is 2.84. The van der Waals surface area contributed by atoms with E-state index in [4.69, 9.17) is 0 Å². The number of aromatic nitrogens is 2. The largest absolute Gasteiger partial charge is 0.379 e. The van der Waals surface area contributed by atoms with Gasteiger partial charge in [-0.1, -0.05) is 6.92 Å². The second-order valence-electron chi connectivity index (χ2n) is 4.54. The molecule has 0 aliphatic heterocycles. The zero-order valence-electron chi connectivity index (χ0n) is 11.6. The van der Waals surface area contributed by atoms with Gasteiger partial charge < -0.3 is 9.88 Å². The first-order valence-corrected chi connectivity index (χ1v) is 7.29. The van der Waals surface area contributed by atoms with E-state index in [0.29, 0.717) is 0 Å². The highest BCUT2D eigenvalue weighted by Gasteiger charge is 2.05. The van der Waals surface area contributed by atoms with Gasteiger partial charge in [0, 0.05) is 23.7 Å². The average molecular weight is 277 g/mol. The van der Waals surface area contributed by atoms with Gasteiger partial charge in [0.25, 0.3) is 5.56 Å². The summed E-state index contributed by atoms with van der Waals surface area (Å²) < 4.78 is 1.74. The molecule has 102 valence electrons. The van der Waals surface area contributed by atoms with Gasteiger partial charge in [0.2, 0.25) is 0 Å². The second-order valence-corrected chi connectivity index (χ2v) is 5.83. The maximum atomic E-state index is 11.6. The molecule has 0 aliphatic carbocycles. The van der Waals surface area contributed by atoms with Gasteiger partial charge in [-0.2, -0.15) is 0 Å². The Labute approximate surface area is 117 Å². The van der Waals surface area contributed by atoms with Gasteiger partial charge in [-0.15, -0.1) is 11.3 Å². The first-order valence-electron chi connectivity index (χ1n) is 6.47. The number of anilines is 1. The van der Waals surface area contributed by atoms with Crippen LogP contribution in [0.5, 0.6) is 0 Å². The van der Waals surface area contributed by atoms with Crippen LogP contribution in [0.4, 0.5) is 5.69 Å². The first kappa shape index (κ1) is 13.8. The lowest BCUT2D eigenvalue weighted by atomic mass is 10.3. The Morgan fingerprint density at radius 3 is 2.79 bits per heavy atom. The van der Waals surface area contributed by atoms with E-state index in [2.05, 4.69) is 17.2 Å². The van der Waals surface area contributed by atoms with Crippen molar-refractivity contribution >= 4 is 17.0 Å². The van der Waals surface area contributed by atoms with Crippen LogP contribution in [-0.4, -0.2) is 9.55 Å². The highest BCUT2D eigenvalue weighted by atomic mass is 32.1. The van der Waals surface area contributed by atoms with Crippen LogP contribution in [0.3, 0.4) is 0 Å². The minimum atomic E-state index is 0.0530. The Kier molecular flexibility index (Phi) is 4.37. The summed E-state index contributed by atoms with van der Waals surface area (Å²) in [4.78, 5) is 17.3. The summed E-state index contributed by atoms with van der Waals surface area (Å²) in [6.45, 7) is 7.62. The fourth-order valence-corrected chi connectivity index (χ4v) is 2.85. The molecule has 0 amide bonds. The fourth-order valence-electron chi connectivity index (χ4n) is 1.97. The van der Waals surface area contributed by atoms with Gasteiger partial charge in [-0.05, 0) is 26.3 Å². The molecule has 0 bridgehead atoms. The zero-order chi connectivity index (χ0) is 13.8. The number of rotatable bonds is 5. The SMILES string of the molecule is CCCn1cc(NCc2sc(C)nc2C)ccc1=O. The van der Waals surface area contributed by atoms with Crippen molar-refractivity contribution in [1.29, 1.82) is 0 Å². The third-order valence-corrected chi connectivity index (χ3v) is 3.97. The quantitative estimate of drug-likeness (QED) is 0.914. The Bertz CT molecular complexity index is 615. The molecule has 0 radical (unpaired) electrons. The summed E-state index contributed by atoms with van der Waals surface area (Å²) in [5.74, 6) is 0. The Hall–Kier alpha value is -1.62. The summed E-state index contributed by atoms with van der Waals surface area (Å²) in [6, 6.07) is 3.44. The van der Waals surface area contributed by atoms with E-state index in [9.17, 15) is 4.79 Å². The van der Waals surface area contributed by atoms with Crippen LogP contribution in [0.15, 0.2) is 23.1 Å². The molecule has 2 rings (SSSR count). The van der Waals surface area contributed by atoms with Gasteiger partial charge in [0.15, 0.2) is 0 Å². The van der Waals surface area contributed by atoms with Gasteiger partial charge in [-0.3, -0.25) is 4.79 Å². The highest BCUT2D eigenvalue weighted by molar-refractivity contribution is 7.11. The maximum absolute atomic E-state index is 11.6. The lowest BCUT2D eigenvalue weighted by Gasteiger charge is -2.09. The van der Waals surface area contributed by atoms with E-state index >= 15 is 0 Å². The fraction of sp³-hybridized carbons (Fsp3) is 0.429. The molecule has 0 atom stereocenters. The highest BCUT2D eigenvalue weighted by Crippen LogP contribution is 2.18. The predicted octanol–water partition coefficient (Wildman–Crippen LogP) is 2.94. The Balaban J connectivity index is 2.09. The average Bonchev–Trinajstić information content (AvgIpc) is 2.69. The van der Waals surface area contributed by atoms with Crippen molar-refractivity contribution in [3.05, 3.63) is 44.3 Å². The second kappa shape index (κ2) is 6.02.